The molecule has 0 unspecified atom stereocenters. The van der Waals surface area contributed by atoms with E-state index >= 15 is 0 Å². The summed E-state index contributed by atoms with van der Waals surface area (Å²) in [6.45, 7) is 5.84. The Bertz CT molecular complexity index is 1090. The van der Waals surface area contributed by atoms with E-state index in [9.17, 15) is 9.59 Å². The van der Waals surface area contributed by atoms with Crippen molar-refractivity contribution >= 4 is 73.7 Å². The number of ether oxygens (including phenoxy) is 1. The van der Waals surface area contributed by atoms with Crippen LogP contribution in [0.1, 0.15) is 21.5 Å². The smallest absolute Gasteiger partial charge is 0.285 e. The van der Waals surface area contributed by atoms with Crippen LogP contribution in [-0.4, -0.2) is 27.8 Å². The van der Waals surface area contributed by atoms with Gasteiger partial charge in [-0.15, -0.1) is 0 Å². The molecule has 2 amide bonds. The van der Waals surface area contributed by atoms with Gasteiger partial charge in [0.25, 0.3) is 11.8 Å². The summed E-state index contributed by atoms with van der Waals surface area (Å²) in [6.07, 6.45) is 3.31. The minimum Gasteiger partial charge on any atom is -0.489 e. The topological polar surface area (TPSA) is 58.6 Å². The molecule has 0 bridgehead atoms. The molecule has 0 aromatic heterocycles. The average Bonchev–Trinajstić information content (AvgIpc) is 2.94. The molecule has 2 aromatic rings. The number of hydrogen-bond donors (Lipinski definition) is 1. The molecule has 1 fully saturated rings. The molecule has 0 radical (unpaired) electrons. The quantitative estimate of drug-likeness (QED) is 0.307. The Morgan fingerprint density at radius 1 is 1.37 bits per heavy atom. The number of thioether (sulfide) groups is 1. The van der Waals surface area contributed by atoms with Gasteiger partial charge < -0.3 is 4.74 Å². The maximum Gasteiger partial charge on any atom is 0.285 e. The van der Waals surface area contributed by atoms with E-state index in [0.29, 0.717) is 27.8 Å². The molecule has 0 atom stereocenters. The second kappa shape index (κ2) is 9.78. The zero-order valence-electron chi connectivity index (χ0n) is 15.8. The largest absolute Gasteiger partial charge is 0.489 e. The summed E-state index contributed by atoms with van der Waals surface area (Å²) in [5.74, 6) is -0.356. The average molecular weight is 524 g/mol. The lowest BCUT2D eigenvalue weighted by molar-refractivity contribution is -0.123. The van der Waals surface area contributed by atoms with E-state index in [1.54, 1.807) is 36.4 Å². The number of nitrogens with one attached hydrogen (secondary N) is 1. The van der Waals surface area contributed by atoms with Gasteiger partial charge in [-0.3, -0.25) is 15.0 Å². The van der Waals surface area contributed by atoms with E-state index in [2.05, 4.69) is 27.9 Å². The van der Waals surface area contributed by atoms with Gasteiger partial charge in [0.2, 0.25) is 0 Å². The monoisotopic (exact) mass is 522 g/mol. The van der Waals surface area contributed by atoms with Crippen molar-refractivity contribution in [3.63, 3.8) is 0 Å². The van der Waals surface area contributed by atoms with Gasteiger partial charge in [0.1, 0.15) is 12.4 Å². The lowest BCUT2D eigenvalue weighted by atomic mass is 10.1. The van der Waals surface area contributed by atoms with Gasteiger partial charge in [-0.05, 0) is 61.1 Å². The van der Waals surface area contributed by atoms with Gasteiger partial charge >= 0.3 is 0 Å². The van der Waals surface area contributed by atoms with Gasteiger partial charge in [0.15, 0.2) is 4.32 Å². The zero-order chi connectivity index (χ0) is 21.8. The van der Waals surface area contributed by atoms with Crippen LogP contribution in [0.5, 0.6) is 5.75 Å². The highest BCUT2D eigenvalue weighted by molar-refractivity contribution is 9.10. The molecule has 2 aromatic carbocycles. The SMILES string of the molecule is C=CCOc1ccc(Br)cc1/C=C1/SC(=S)N(NC(=O)c2ccc(C)cc2Cl)C1=O. The summed E-state index contributed by atoms with van der Waals surface area (Å²) in [5, 5.41) is 1.35. The van der Waals surface area contributed by atoms with E-state index < -0.39 is 11.8 Å². The first-order valence-corrected chi connectivity index (χ1v) is 11.1. The molecule has 1 saturated heterocycles. The van der Waals surface area contributed by atoms with Crippen LogP contribution in [0.2, 0.25) is 5.02 Å². The van der Waals surface area contributed by atoms with Crippen molar-refractivity contribution in [3.8, 4) is 5.75 Å². The first-order chi connectivity index (χ1) is 14.3. The standard InChI is InChI=1S/C21H16BrClN2O3S2/c1-3-8-28-17-7-5-14(22)10-13(17)11-18-20(27)25(21(29)30-18)24-19(26)15-6-4-12(2)9-16(15)23/h3-7,9-11H,1,8H2,2H3,(H,24,26)/b18-11+. The van der Waals surface area contributed by atoms with E-state index in [1.165, 1.54) is 0 Å². The molecular weight excluding hydrogens is 508 g/mol. The van der Waals surface area contributed by atoms with E-state index in [1.807, 2.05) is 19.1 Å². The Morgan fingerprint density at radius 3 is 2.83 bits per heavy atom. The maximum atomic E-state index is 12.9. The van der Waals surface area contributed by atoms with E-state index in [0.717, 1.165) is 26.8 Å². The fraction of sp³-hybridized carbons (Fsp3) is 0.0952. The lowest BCUT2D eigenvalue weighted by Gasteiger charge is -2.16. The van der Waals surface area contributed by atoms with Gasteiger partial charge in [-0.25, -0.2) is 0 Å². The molecule has 1 aliphatic heterocycles. The molecule has 1 aliphatic rings. The lowest BCUT2D eigenvalue weighted by Crippen LogP contribution is -2.44. The number of benzene rings is 2. The van der Waals surface area contributed by atoms with Crippen LogP contribution in [0.15, 0.2) is 58.4 Å². The molecule has 0 aliphatic carbocycles. The number of halogens is 2. The number of rotatable bonds is 6. The van der Waals surface area contributed by atoms with Crippen molar-refractivity contribution in [2.75, 3.05) is 6.61 Å². The minimum atomic E-state index is -0.519. The van der Waals surface area contributed by atoms with Crippen LogP contribution in [0, 0.1) is 6.92 Å². The van der Waals surface area contributed by atoms with Gasteiger partial charge in [0, 0.05) is 10.0 Å². The van der Waals surface area contributed by atoms with E-state index in [-0.39, 0.29) is 9.88 Å². The summed E-state index contributed by atoms with van der Waals surface area (Å²) in [6, 6.07) is 10.5. The predicted octanol–water partition coefficient (Wildman–Crippen LogP) is 5.52. The number of amides is 2. The summed E-state index contributed by atoms with van der Waals surface area (Å²) < 4.78 is 6.70. The van der Waals surface area contributed by atoms with Crippen molar-refractivity contribution in [1.29, 1.82) is 0 Å². The molecule has 30 heavy (non-hydrogen) atoms. The Balaban J connectivity index is 1.83. The zero-order valence-corrected chi connectivity index (χ0v) is 19.8. The van der Waals surface area contributed by atoms with Gasteiger partial charge in [-0.2, -0.15) is 5.01 Å². The molecule has 3 rings (SSSR count). The number of aryl methyl sites for hydroxylation is 1. The highest BCUT2D eigenvalue weighted by Gasteiger charge is 2.34. The first-order valence-electron chi connectivity index (χ1n) is 8.68. The summed E-state index contributed by atoms with van der Waals surface area (Å²) in [4.78, 5) is 25.8. The van der Waals surface area contributed by atoms with Gasteiger partial charge in [-0.1, -0.05) is 58.0 Å². The fourth-order valence-corrected chi connectivity index (χ4v) is 4.45. The highest BCUT2D eigenvalue weighted by atomic mass is 79.9. The second-order valence-corrected chi connectivity index (χ2v) is 9.22. The Labute approximate surface area is 197 Å². The van der Waals surface area contributed by atoms with Crippen LogP contribution >= 0.6 is 51.5 Å². The van der Waals surface area contributed by atoms with Crippen LogP contribution in [-0.2, 0) is 4.79 Å². The molecule has 9 heteroatoms. The number of hydrazine groups is 1. The second-order valence-electron chi connectivity index (χ2n) is 6.22. The van der Waals surface area contributed by atoms with Crippen molar-refractivity contribution in [2.24, 2.45) is 0 Å². The summed E-state index contributed by atoms with van der Waals surface area (Å²) in [7, 11) is 0. The summed E-state index contributed by atoms with van der Waals surface area (Å²) >= 11 is 16.0. The van der Waals surface area contributed by atoms with Crippen LogP contribution < -0.4 is 10.2 Å². The third kappa shape index (κ3) is 5.13. The highest BCUT2D eigenvalue weighted by Crippen LogP contribution is 2.34. The van der Waals surface area contributed by atoms with Gasteiger partial charge in [0.05, 0.1) is 15.5 Å². The molecular formula is C21H16BrClN2O3S2. The third-order valence-electron chi connectivity index (χ3n) is 3.99. The number of thiocarbonyl (C=S) groups is 1. The summed E-state index contributed by atoms with van der Waals surface area (Å²) in [5.41, 5.74) is 4.41. The Morgan fingerprint density at radius 2 is 2.13 bits per heavy atom. The molecule has 1 N–H and O–H groups in total. The molecule has 1 heterocycles. The van der Waals surface area contributed by atoms with Crippen LogP contribution in [0.3, 0.4) is 0 Å². The first kappa shape index (κ1) is 22.6. The van der Waals surface area contributed by atoms with Crippen LogP contribution in [0.25, 0.3) is 6.08 Å². The van der Waals surface area contributed by atoms with E-state index in [4.69, 9.17) is 28.6 Å². The molecule has 154 valence electrons. The Hall–Kier alpha value is -2.13. The van der Waals surface area contributed by atoms with Crippen molar-refractivity contribution in [3.05, 3.63) is 80.1 Å². The van der Waals surface area contributed by atoms with Crippen molar-refractivity contribution in [1.82, 2.24) is 10.4 Å². The number of carbonyl (C=O) groups excluding carboxylic acids is 2. The molecule has 0 spiro atoms. The Kier molecular flexibility index (Phi) is 7.36. The molecule has 5 nitrogen and oxygen atoms in total. The predicted molar refractivity (Wildman–Crippen MR) is 129 cm³/mol. The number of hydrogen-bond acceptors (Lipinski definition) is 5. The minimum absolute atomic E-state index is 0.214. The van der Waals surface area contributed by atoms with Crippen molar-refractivity contribution < 1.29 is 14.3 Å². The fourth-order valence-electron chi connectivity index (χ4n) is 2.58. The number of carbonyl (C=O) groups is 2. The van der Waals surface area contributed by atoms with Crippen molar-refractivity contribution in [2.45, 2.75) is 6.92 Å². The van der Waals surface area contributed by atoms with Crippen LogP contribution in [0.4, 0.5) is 0 Å². The normalized spacial score (nSPS) is 14.9. The molecule has 0 saturated carbocycles. The third-order valence-corrected chi connectivity index (χ3v) is 6.10. The maximum absolute atomic E-state index is 12.9. The number of nitrogens with zero attached hydrogens (tertiary/aromatic N) is 1.